The van der Waals surface area contributed by atoms with Gasteiger partial charge in [0.25, 0.3) is 5.91 Å². The van der Waals surface area contributed by atoms with E-state index in [1.807, 2.05) is 37.3 Å². The van der Waals surface area contributed by atoms with E-state index in [9.17, 15) is 4.79 Å². The Morgan fingerprint density at radius 3 is 2.42 bits per heavy atom. The Morgan fingerprint density at radius 2 is 1.73 bits per heavy atom. The summed E-state index contributed by atoms with van der Waals surface area (Å²) in [6.45, 7) is 4.77. The molecule has 0 aliphatic heterocycles. The fourth-order valence-electron chi connectivity index (χ4n) is 2.02. The molecule has 0 atom stereocenters. The smallest absolute Gasteiger partial charge is 0.261 e. The first-order valence-electron chi connectivity index (χ1n) is 8.32. The number of carbonyl (C=O) groups is 1. The van der Waals surface area contributed by atoms with Crippen molar-refractivity contribution in [3.05, 3.63) is 51.7 Å². The highest BCUT2D eigenvalue weighted by Gasteiger charge is 2.08. The molecule has 1 heterocycles. The molecule has 7 heteroatoms. The van der Waals surface area contributed by atoms with Crippen LogP contribution < -0.4 is 10.1 Å². The number of nitriles is 1. The van der Waals surface area contributed by atoms with Gasteiger partial charge in [-0.1, -0.05) is 17.7 Å². The van der Waals surface area contributed by atoms with Crippen molar-refractivity contribution in [3.8, 4) is 11.8 Å². The van der Waals surface area contributed by atoms with Crippen LogP contribution in [0.4, 0.5) is 0 Å². The van der Waals surface area contributed by atoms with Gasteiger partial charge in [0.05, 0.1) is 31.3 Å². The lowest BCUT2D eigenvalue weighted by Crippen LogP contribution is -2.27. The number of nitrogens with one attached hydrogen (secondary N) is 1. The molecular formula is C19H22N2O4S. The Bertz CT molecular complexity index is 722. The Hall–Kier alpha value is -2.40. The second kappa shape index (κ2) is 11.3. The van der Waals surface area contributed by atoms with Crippen LogP contribution in [-0.4, -0.2) is 45.5 Å². The third-order valence-electron chi connectivity index (χ3n) is 3.36. The van der Waals surface area contributed by atoms with Crippen molar-refractivity contribution in [2.45, 2.75) is 6.92 Å². The molecule has 1 N–H and O–H groups in total. The lowest BCUT2D eigenvalue weighted by atomic mass is 10.2. The molecule has 138 valence electrons. The zero-order valence-electron chi connectivity index (χ0n) is 14.7. The number of ether oxygens (including phenoxy) is 3. The highest BCUT2D eigenvalue weighted by Crippen LogP contribution is 2.14. The van der Waals surface area contributed by atoms with E-state index < -0.39 is 0 Å². The van der Waals surface area contributed by atoms with Gasteiger partial charge >= 0.3 is 0 Å². The van der Waals surface area contributed by atoms with E-state index in [-0.39, 0.29) is 5.91 Å². The molecule has 26 heavy (non-hydrogen) atoms. The van der Waals surface area contributed by atoms with Gasteiger partial charge in [-0.15, -0.1) is 11.3 Å². The number of benzene rings is 1. The van der Waals surface area contributed by atoms with Crippen LogP contribution in [0.25, 0.3) is 0 Å². The first-order valence-corrected chi connectivity index (χ1v) is 9.14. The van der Waals surface area contributed by atoms with E-state index in [1.165, 1.54) is 16.9 Å². The molecule has 0 spiro atoms. The third kappa shape index (κ3) is 7.23. The van der Waals surface area contributed by atoms with Gasteiger partial charge in [0.1, 0.15) is 23.3 Å². The molecule has 2 rings (SSSR count). The molecule has 0 unspecified atom stereocenters. The predicted molar refractivity (Wildman–Crippen MR) is 99.7 cm³/mol. The number of thiophene rings is 1. The number of hydrogen-bond donors (Lipinski definition) is 1. The molecule has 0 aliphatic carbocycles. The second-order valence-electron chi connectivity index (χ2n) is 5.42. The third-order valence-corrected chi connectivity index (χ3v) is 4.35. The average molecular weight is 374 g/mol. The van der Waals surface area contributed by atoms with Gasteiger partial charge in [-0.25, -0.2) is 0 Å². The van der Waals surface area contributed by atoms with Gasteiger partial charge < -0.3 is 19.5 Å². The quantitative estimate of drug-likeness (QED) is 0.612. The molecule has 0 bridgehead atoms. The second-order valence-corrected chi connectivity index (χ2v) is 6.50. The Balaban J connectivity index is 1.43. The van der Waals surface area contributed by atoms with Gasteiger partial charge in [-0.3, -0.25) is 4.79 Å². The first kappa shape index (κ1) is 19.9. The van der Waals surface area contributed by atoms with E-state index in [4.69, 9.17) is 19.5 Å². The van der Waals surface area contributed by atoms with E-state index in [1.54, 1.807) is 12.1 Å². The zero-order chi connectivity index (χ0) is 18.6. The molecule has 0 radical (unpaired) electrons. The molecule has 0 aliphatic rings. The lowest BCUT2D eigenvalue weighted by Gasteiger charge is -2.08. The Labute approximate surface area is 157 Å². The van der Waals surface area contributed by atoms with E-state index >= 15 is 0 Å². The predicted octanol–water partition coefficient (Wildman–Crippen LogP) is 2.77. The van der Waals surface area contributed by atoms with Gasteiger partial charge in [0.2, 0.25) is 0 Å². The van der Waals surface area contributed by atoms with Crippen LogP contribution in [0.3, 0.4) is 0 Å². The zero-order valence-corrected chi connectivity index (χ0v) is 15.5. The maximum Gasteiger partial charge on any atom is 0.261 e. The number of hydrogen-bond acceptors (Lipinski definition) is 6. The average Bonchev–Trinajstić information content (AvgIpc) is 3.14. The topological polar surface area (TPSA) is 80.6 Å². The van der Waals surface area contributed by atoms with Gasteiger partial charge in [-0.2, -0.15) is 5.26 Å². The van der Waals surface area contributed by atoms with Crippen LogP contribution in [0.5, 0.6) is 5.75 Å². The maximum absolute atomic E-state index is 11.8. The summed E-state index contributed by atoms with van der Waals surface area (Å²) in [6.07, 6.45) is 0. The number of carbonyl (C=O) groups excluding carboxylic acids is 1. The van der Waals surface area contributed by atoms with Crippen molar-refractivity contribution in [1.29, 1.82) is 5.26 Å². The number of rotatable bonds is 11. The summed E-state index contributed by atoms with van der Waals surface area (Å²) >= 11 is 1.17. The van der Waals surface area contributed by atoms with Gasteiger partial charge in [0, 0.05) is 6.54 Å². The van der Waals surface area contributed by atoms with Crippen LogP contribution in [0.15, 0.2) is 36.4 Å². The van der Waals surface area contributed by atoms with Crippen LogP contribution in [0, 0.1) is 18.3 Å². The summed E-state index contributed by atoms with van der Waals surface area (Å²) in [4.78, 5) is 12.9. The van der Waals surface area contributed by atoms with Crippen LogP contribution >= 0.6 is 11.3 Å². The first-order chi connectivity index (χ1) is 12.7. The van der Waals surface area contributed by atoms with Crippen molar-refractivity contribution < 1.29 is 19.0 Å². The number of aryl methyl sites for hydroxylation is 1. The summed E-state index contributed by atoms with van der Waals surface area (Å²) < 4.78 is 16.4. The maximum atomic E-state index is 11.8. The highest BCUT2D eigenvalue weighted by atomic mass is 32.1. The standard InChI is InChI=1S/C19H22N2O4S/c1-15-2-4-16(5-3-15)25-13-12-24-11-10-23-9-8-21-19(22)18-7-6-17(14-20)26-18/h2-7H,8-13H2,1H3,(H,21,22). The van der Waals surface area contributed by atoms with Gasteiger partial charge in [0.15, 0.2) is 0 Å². The minimum atomic E-state index is -0.190. The van der Waals surface area contributed by atoms with E-state index in [2.05, 4.69) is 5.32 Å². The molecule has 0 saturated carbocycles. The van der Waals surface area contributed by atoms with Crippen LogP contribution in [0.1, 0.15) is 20.1 Å². The molecule has 1 amide bonds. The van der Waals surface area contributed by atoms with Crippen molar-refractivity contribution in [2.75, 3.05) is 39.6 Å². The normalized spacial score (nSPS) is 10.3. The lowest BCUT2D eigenvalue weighted by molar-refractivity contribution is 0.0370. The number of nitrogens with zero attached hydrogens (tertiary/aromatic N) is 1. The Morgan fingerprint density at radius 1 is 1.04 bits per heavy atom. The largest absolute Gasteiger partial charge is 0.491 e. The minimum absolute atomic E-state index is 0.190. The summed E-state index contributed by atoms with van der Waals surface area (Å²) in [5, 5.41) is 11.5. The summed E-state index contributed by atoms with van der Waals surface area (Å²) in [7, 11) is 0. The monoisotopic (exact) mass is 374 g/mol. The summed E-state index contributed by atoms with van der Waals surface area (Å²) in [5.74, 6) is 0.642. The van der Waals surface area contributed by atoms with Crippen LogP contribution in [0.2, 0.25) is 0 Å². The summed E-state index contributed by atoms with van der Waals surface area (Å²) in [6, 6.07) is 13.2. The fraction of sp³-hybridized carbons (Fsp3) is 0.368. The molecule has 2 aromatic rings. The SMILES string of the molecule is Cc1ccc(OCCOCCOCCNC(=O)c2ccc(C#N)s2)cc1. The minimum Gasteiger partial charge on any atom is -0.491 e. The fourth-order valence-corrected chi connectivity index (χ4v) is 2.74. The van der Waals surface area contributed by atoms with Crippen molar-refractivity contribution >= 4 is 17.2 Å². The van der Waals surface area contributed by atoms with E-state index in [0.29, 0.717) is 49.3 Å². The van der Waals surface area contributed by atoms with Gasteiger partial charge in [-0.05, 0) is 31.2 Å². The molecule has 1 aromatic heterocycles. The Kier molecular flexibility index (Phi) is 8.63. The van der Waals surface area contributed by atoms with Crippen LogP contribution in [-0.2, 0) is 9.47 Å². The van der Waals surface area contributed by atoms with Crippen molar-refractivity contribution in [3.63, 3.8) is 0 Å². The molecule has 6 nitrogen and oxygen atoms in total. The molecular weight excluding hydrogens is 352 g/mol. The van der Waals surface area contributed by atoms with Crippen molar-refractivity contribution in [2.24, 2.45) is 0 Å². The summed E-state index contributed by atoms with van der Waals surface area (Å²) in [5.41, 5.74) is 1.20. The van der Waals surface area contributed by atoms with E-state index in [0.717, 1.165) is 5.75 Å². The molecule has 0 fully saturated rings. The molecule has 0 saturated heterocycles. The van der Waals surface area contributed by atoms with Crippen molar-refractivity contribution in [1.82, 2.24) is 5.32 Å². The highest BCUT2D eigenvalue weighted by molar-refractivity contribution is 7.14. The number of amides is 1. The molecule has 1 aromatic carbocycles.